The number of halogens is 2. The van der Waals surface area contributed by atoms with E-state index in [0.29, 0.717) is 10.2 Å². The lowest BCUT2D eigenvalue weighted by molar-refractivity contribution is 1.22. The minimum atomic E-state index is 0.471. The zero-order valence-electron chi connectivity index (χ0n) is 11.7. The molecule has 108 valence electrons. The van der Waals surface area contributed by atoms with Crippen LogP contribution in [0, 0.1) is 6.92 Å². The highest BCUT2D eigenvalue weighted by molar-refractivity contribution is 6.32. The van der Waals surface area contributed by atoms with Gasteiger partial charge in [0.15, 0.2) is 0 Å². The van der Waals surface area contributed by atoms with E-state index in [9.17, 15) is 0 Å². The van der Waals surface area contributed by atoms with E-state index in [0.717, 1.165) is 38.6 Å². The largest absolute Gasteiger partial charge is 0.353 e. The molecule has 0 amide bonds. The highest BCUT2D eigenvalue weighted by Gasteiger charge is 2.13. The second-order valence-electron chi connectivity index (χ2n) is 5.19. The number of aromatic amines is 1. The standard InChI is InChI=1S/C17H11Cl2N3/c1-9-16-12(4-5-20-9)14-7-11(18)6-13(17(14)22-16)10-2-3-15(19)21-8-10/h2-8,22H,1H3. The molecule has 0 atom stereocenters. The Kier molecular flexibility index (Phi) is 3.06. The van der Waals surface area contributed by atoms with Crippen LogP contribution in [0.3, 0.4) is 0 Å². The number of aryl methyl sites for hydroxylation is 1. The predicted octanol–water partition coefficient (Wildman–Crippen LogP) is 5.39. The van der Waals surface area contributed by atoms with Crippen molar-refractivity contribution < 1.29 is 0 Å². The van der Waals surface area contributed by atoms with Gasteiger partial charge in [-0.1, -0.05) is 23.2 Å². The summed E-state index contributed by atoms with van der Waals surface area (Å²) in [4.78, 5) is 12.0. The van der Waals surface area contributed by atoms with Crippen LogP contribution < -0.4 is 0 Å². The number of nitrogens with one attached hydrogen (secondary N) is 1. The van der Waals surface area contributed by atoms with E-state index in [-0.39, 0.29) is 0 Å². The lowest BCUT2D eigenvalue weighted by Gasteiger charge is -2.05. The fourth-order valence-corrected chi connectivity index (χ4v) is 3.12. The first-order chi connectivity index (χ1) is 10.6. The Balaban J connectivity index is 2.12. The van der Waals surface area contributed by atoms with Gasteiger partial charge >= 0.3 is 0 Å². The molecule has 0 fully saturated rings. The normalized spacial score (nSPS) is 11.4. The van der Waals surface area contributed by atoms with Crippen LogP contribution in [-0.4, -0.2) is 15.0 Å². The van der Waals surface area contributed by atoms with Crippen LogP contribution in [0.2, 0.25) is 10.2 Å². The Hall–Kier alpha value is -2.10. The van der Waals surface area contributed by atoms with Gasteiger partial charge in [0.05, 0.1) is 16.7 Å². The molecule has 0 bridgehead atoms. The van der Waals surface area contributed by atoms with E-state index in [2.05, 4.69) is 15.0 Å². The van der Waals surface area contributed by atoms with Crippen LogP contribution in [-0.2, 0) is 0 Å². The fourth-order valence-electron chi connectivity index (χ4n) is 2.79. The Labute approximate surface area is 136 Å². The maximum atomic E-state index is 6.33. The number of fused-ring (bicyclic) bond motifs is 3. The molecular formula is C17H11Cl2N3. The van der Waals surface area contributed by atoms with Crippen LogP contribution in [0.4, 0.5) is 0 Å². The minimum Gasteiger partial charge on any atom is -0.353 e. The molecule has 3 heterocycles. The molecule has 0 aliphatic heterocycles. The van der Waals surface area contributed by atoms with Gasteiger partial charge < -0.3 is 4.98 Å². The van der Waals surface area contributed by atoms with E-state index in [4.69, 9.17) is 23.2 Å². The predicted molar refractivity (Wildman–Crippen MR) is 91.6 cm³/mol. The Morgan fingerprint density at radius 3 is 2.59 bits per heavy atom. The van der Waals surface area contributed by atoms with Crippen molar-refractivity contribution in [2.24, 2.45) is 0 Å². The van der Waals surface area contributed by atoms with E-state index in [1.54, 1.807) is 12.3 Å². The summed E-state index contributed by atoms with van der Waals surface area (Å²) in [5.41, 5.74) is 4.99. The number of benzene rings is 1. The molecule has 4 aromatic rings. The monoisotopic (exact) mass is 327 g/mol. The summed E-state index contributed by atoms with van der Waals surface area (Å²) in [6.45, 7) is 1.99. The van der Waals surface area contributed by atoms with Crippen molar-refractivity contribution in [1.29, 1.82) is 0 Å². The summed E-state index contributed by atoms with van der Waals surface area (Å²) in [7, 11) is 0. The molecule has 1 N–H and O–H groups in total. The van der Waals surface area contributed by atoms with Crippen molar-refractivity contribution in [2.75, 3.05) is 0 Å². The topological polar surface area (TPSA) is 41.6 Å². The summed E-state index contributed by atoms with van der Waals surface area (Å²) in [6.07, 6.45) is 3.57. The lowest BCUT2D eigenvalue weighted by atomic mass is 10.0. The zero-order chi connectivity index (χ0) is 15.3. The van der Waals surface area contributed by atoms with Crippen molar-refractivity contribution in [3.63, 3.8) is 0 Å². The second-order valence-corrected chi connectivity index (χ2v) is 6.01. The van der Waals surface area contributed by atoms with Crippen LogP contribution in [0.1, 0.15) is 5.69 Å². The first-order valence-corrected chi connectivity index (χ1v) is 7.57. The molecule has 0 saturated carbocycles. The Morgan fingerprint density at radius 2 is 1.82 bits per heavy atom. The van der Waals surface area contributed by atoms with Crippen molar-refractivity contribution in [1.82, 2.24) is 15.0 Å². The molecule has 0 radical (unpaired) electrons. The van der Waals surface area contributed by atoms with Gasteiger partial charge in [-0.25, -0.2) is 4.98 Å². The first kappa shape index (κ1) is 13.6. The second kappa shape index (κ2) is 4.97. The molecule has 0 unspecified atom stereocenters. The van der Waals surface area contributed by atoms with Gasteiger partial charge in [-0.05, 0) is 37.3 Å². The molecule has 4 rings (SSSR count). The average Bonchev–Trinajstić information content (AvgIpc) is 2.88. The number of nitrogens with zero attached hydrogens (tertiary/aromatic N) is 2. The minimum absolute atomic E-state index is 0.471. The zero-order valence-corrected chi connectivity index (χ0v) is 13.2. The number of pyridine rings is 2. The van der Waals surface area contributed by atoms with Gasteiger partial charge in [0.2, 0.25) is 0 Å². The number of hydrogen-bond donors (Lipinski definition) is 1. The Morgan fingerprint density at radius 1 is 0.955 bits per heavy atom. The molecule has 5 heteroatoms. The number of hydrogen-bond acceptors (Lipinski definition) is 2. The van der Waals surface area contributed by atoms with Gasteiger partial charge in [0.1, 0.15) is 5.15 Å². The molecule has 1 aromatic carbocycles. The maximum Gasteiger partial charge on any atom is 0.129 e. The first-order valence-electron chi connectivity index (χ1n) is 6.82. The molecule has 0 aliphatic carbocycles. The smallest absolute Gasteiger partial charge is 0.129 e. The van der Waals surface area contributed by atoms with E-state index in [1.165, 1.54) is 0 Å². The highest BCUT2D eigenvalue weighted by Crippen LogP contribution is 2.36. The quantitative estimate of drug-likeness (QED) is 0.476. The van der Waals surface area contributed by atoms with Gasteiger partial charge in [0.25, 0.3) is 0 Å². The van der Waals surface area contributed by atoms with Crippen LogP contribution in [0.25, 0.3) is 32.9 Å². The summed E-state index contributed by atoms with van der Waals surface area (Å²) < 4.78 is 0. The third kappa shape index (κ3) is 2.05. The third-order valence-electron chi connectivity index (χ3n) is 3.82. The highest BCUT2D eigenvalue weighted by atomic mass is 35.5. The lowest BCUT2D eigenvalue weighted by Crippen LogP contribution is -1.83. The Bertz CT molecular complexity index is 1000. The average molecular weight is 328 g/mol. The molecular weight excluding hydrogens is 317 g/mol. The third-order valence-corrected chi connectivity index (χ3v) is 4.26. The molecule has 3 nitrogen and oxygen atoms in total. The summed E-state index contributed by atoms with van der Waals surface area (Å²) >= 11 is 12.2. The van der Waals surface area contributed by atoms with Crippen molar-refractivity contribution in [3.05, 3.63) is 58.6 Å². The van der Waals surface area contributed by atoms with Crippen molar-refractivity contribution in [2.45, 2.75) is 6.92 Å². The molecule has 22 heavy (non-hydrogen) atoms. The van der Waals surface area contributed by atoms with Crippen molar-refractivity contribution in [3.8, 4) is 11.1 Å². The summed E-state index contributed by atoms with van der Waals surface area (Å²) in [5, 5.41) is 3.36. The van der Waals surface area contributed by atoms with E-state index in [1.807, 2.05) is 37.4 Å². The summed E-state index contributed by atoms with van der Waals surface area (Å²) in [5.74, 6) is 0. The molecule has 0 saturated heterocycles. The number of H-pyrrole nitrogens is 1. The SMILES string of the molecule is Cc1nccc2c1[nH]c1c(-c3ccc(Cl)nc3)cc(Cl)cc12. The van der Waals surface area contributed by atoms with Gasteiger partial charge in [-0.3, -0.25) is 4.98 Å². The summed E-state index contributed by atoms with van der Waals surface area (Å²) in [6, 6.07) is 9.63. The molecule has 0 spiro atoms. The molecule has 3 aromatic heterocycles. The molecule has 0 aliphatic rings. The number of rotatable bonds is 1. The fraction of sp³-hybridized carbons (Fsp3) is 0.0588. The van der Waals surface area contributed by atoms with Crippen LogP contribution >= 0.6 is 23.2 Å². The van der Waals surface area contributed by atoms with Crippen LogP contribution in [0.5, 0.6) is 0 Å². The van der Waals surface area contributed by atoms with E-state index < -0.39 is 0 Å². The van der Waals surface area contributed by atoms with Gasteiger partial charge in [-0.2, -0.15) is 0 Å². The van der Waals surface area contributed by atoms with Gasteiger partial charge in [0, 0.05) is 39.3 Å². The number of aromatic nitrogens is 3. The van der Waals surface area contributed by atoms with E-state index >= 15 is 0 Å². The van der Waals surface area contributed by atoms with Gasteiger partial charge in [-0.15, -0.1) is 0 Å². The van der Waals surface area contributed by atoms with Crippen LogP contribution in [0.15, 0.2) is 42.7 Å². The van der Waals surface area contributed by atoms with Crippen molar-refractivity contribution >= 4 is 45.0 Å². The maximum absolute atomic E-state index is 6.33.